The zero-order chi connectivity index (χ0) is 12.9. The number of nitrogen functional groups attached to an aromatic ring is 1. The van der Waals surface area contributed by atoms with Crippen LogP contribution in [-0.2, 0) is 9.84 Å². The van der Waals surface area contributed by atoms with Crippen molar-refractivity contribution in [1.29, 1.82) is 0 Å². The molecule has 0 bridgehead atoms. The fraction of sp³-hybridized carbons (Fsp3) is 0.556. The van der Waals surface area contributed by atoms with Crippen LogP contribution < -0.4 is 16.6 Å². The molecule has 0 radical (unpaired) electrons. The molecule has 0 aliphatic rings. The van der Waals surface area contributed by atoms with E-state index < -0.39 is 9.84 Å². The van der Waals surface area contributed by atoms with Crippen molar-refractivity contribution >= 4 is 21.5 Å². The number of sulfone groups is 1. The van der Waals surface area contributed by atoms with Gasteiger partial charge in [-0.15, -0.1) is 0 Å². The summed E-state index contributed by atoms with van der Waals surface area (Å²) in [4.78, 5) is 8.19. The number of hydrazine groups is 1. The van der Waals surface area contributed by atoms with E-state index >= 15 is 0 Å². The molecule has 8 heteroatoms. The third-order valence-corrected chi connectivity index (χ3v) is 3.01. The molecule has 96 valence electrons. The number of anilines is 2. The summed E-state index contributed by atoms with van der Waals surface area (Å²) in [6.07, 6.45) is 1.76. The molecule has 0 aliphatic heterocycles. The van der Waals surface area contributed by atoms with E-state index in [1.54, 1.807) is 13.0 Å². The van der Waals surface area contributed by atoms with Crippen LogP contribution in [0.5, 0.6) is 0 Å². The predicted octanol–water partition coefficient (Wildman–Crippen LogP) is -0.0828. The summed E-state index contributed by atoms with van der Waals surface area (Å²) in [6.45, 7) is 2.29. The molecule has 0 atom stereocenters. The summed E-state index contributed by atoms with van der Waals surface area (Å²) in [7, 11) is -2.90. The van der Waals surface area contributed by atoms with Crippen LogP contribution in [0.4, 0.5) is 11.6 Å². The van der Waals surface area contributed by atoms with Crippen LogP contribution in [0.2, 0.25) is 0 Å². The maximum absolute atomic E-state index is 10.9. The molecule has 0 fully saturated rings. The molecular weight excluding hydrogens is 242 g/mol. The normalized spacial score (nSPS) is 11.2. The van der Waals surface area contributed by atoms with Gasteiger partial charge in [-0.2, -0.15) is 0 Å². The quantitative estimate of drug-likeness (QED) is 0.372. The second kappa shape index (κ2) is 5.78. The largest absolute Gasteiger partial charge is 0.370 e. The van der Waals surface area contributed by atoms with Crippen molar-refractivity contribution in [2.75, 3.05) is 29.3 Å². The van der Waals surface area contributed by atoms with Crippen molar-refractivity contribution in [3.8, 4) is 0 Å². The topological polar surface area (TPSA) is 110 Å². The van der Waals surface area contributed by atoms with Gasteiger partial charge in [-0.05, 0) is 13.3 Å². The molecule has 0 aromatic carbocycles. The average Bonchev–Trinajstić information content (AvgIpc) is 2.22. The first-order valence-corrected chi connectivity index (χ1v) is 7.20. The van der Waals surface area contributed by atoms with E-state index in [4.69, 9.17) is 5.84 Å². The van der Waals surface area contributed by atoms with Crippen LogP contribution >= 0.6 is 0 Å². The molecule has 0 aliphatic carbocycles. The SMILES string of the molecule is Cc1nc(NN)cc(NCCCS(C)(=O)=O)n1. The van der Waals surface area contributed by atoms with E-state index in [2.05, 4.69) is 20.7 Å². The summed E-state index contributed by atoms with van der Waals surface area (Å²) < 4.78 is 21.8. The molecule has 0 saturated heterocycles. The second-order valence-electron chi connectivity index (χ2n) is 3.74. The van der Waals surface area contributed by atoms with Crippen LogP contribution in [-0.4, -0.2) is 36.9 Å². The maximum atomic E-state index is 10.9. The van der Waals surface area contributed by atoms with Crippen LogP contribution in [0.3, 0.4) is 0 Å². The standard InChI is InChI=1S/C9H17N5O2S/c1-7-12-8(6-9(13-7)14-10)11-4-3-5-17(2,15)16/h6H,3-5,10H2,1-2H3,(H2,11,12,13,14). The third-order valence-electron chi connectivity index (χ3n) is 1.98. The average molecular weight is 259 g/mol. The fourth-order valence-corrected chi connectivity index (χ4v) is 1.95. The molecule has 1 aromatic rings. The molecule has 17 heavy (non-hydrogen) atoms. The van der Waals surface area contributed by atoms with E-state index in [0.717, 1.165) is 0 Å². The van der Waals surface area contributed by atoms with Crippen molar-refractivity contribution < 1.29 is 8.42 Å². The summed E-state index contributed by atoms with van der Waals surface area (Å²) in [6, 6.07) is 1.66. The number of aromatic nitrogens is 2. The summed E-state index contributed by atoms with van der Waals surface area (Å²) >= 11 is 0. The fourth-order valence-electron chi connectivity index (χ4n) is 1.28. The highest BCUT2D eigenvalue weighted by Crippen LogP contribution is 2.09. The summed E-state index contributed by atoms with van der Waals surface area (Å²) in [5.41, 5.74) is 2.44. The minimum Gasteiger partial charge on any atom is -0.370 e. The van der Waals surface area contributed by atoms with Gasteiger partial charge in [-0.3, -0.25) is 0 Å². The Kier molecular flexibility index (Phi) is 4.64. The van der Waals surface area contributed by atoms with Crippen molar-refractivity contribution in [3.05, 3.63) is 11.9 Å². The Balaban J connectivity index is 2.49. The van der Waals surface area contributed by atoms with E-state index in [9.17, 15) is 8.42 Å². The van der Waals surface area contributed by atoms with Gasteiger partial charge in [0.1, 0.15) is 27.3 Å². The van der Waals surface area contributed by atoms with Gasteiger partial charge in [-0.1, -0.05) is 0 Å². The van der Waals surface area contributed by atoms with Gasteiger partial charge in [0.05, 0.1) is 5.75 Å². The van der Waals surface area contributed by atoms with Gasteiger partial charge in [0.2, 0.25) is 0 Å². The molecule has 7 nitrogen and oxygen atoms in total. The minimum atomic E-state index is -2.90. The number of hydrogen-bond donors (Lipinski definition) is 3. The lowest BCUT2D eigenvalue weighted by atomic mass is 10.4. The first-order chi connectivity index (χ1) is 7.90. The Hall–Kier alpha value is -1.41. The van der Waals surface area contributed by atoms with Gasteiger partial charge in [0.15, 0.2) is 0 Å². The monoisotopic (exact) mass is 259 g/mol. The highest BCUT2D eigenvalue weighted by Gasteiger charge is 2.03. The number of nitrogens with one attached hydrogen (secondary N) is 2. The number of aryl methyl sites for hydroxylation is 1. The molecule has 1 rings (SSSR count). The van der Waals surface area contributed by atoms with E-state index in [0.29, 0.717) is 30.4 Å². The molecule has 0 unspecified atom stereocenters. The van der Waals surface area contributed by atoms with Gasteiger partial charge in [0.25, 0.3) is 0 Å². The van der Waals surface area contributed by atoms with Gasteiger partial charge >= 0.3 is 0 Å². The van der Waals surface area contributed by atoms with Gasteiger partial charge < -0.3 is 10.7 Å². The van der Waals surface area contributed by atoms with Crippen molar-refractivity contribution in [1.82, 2.24) is 9.97 Å². The number of nitrogens with two attached hydrogens (primary N) is 1. The maximum Gasteiger partial charge on any atom is 0.147 e. The third kappa shape index (κ3) is 5.45. The first-order valence-electron chi connectivity index (χ1n) is 5.14. The van der Waals surface area contributed by atoms with Crippen molar-refractivity contribution in [2.45, 2.75) is 13.3 Å². The van der Waals surface area contributed by atoms with Crippen LogP contribution in [0, 0.1) is 6.92 Å². The van der Waals surface area contributed by atoms with Gasteiger partial charge in [0, 0.05) is 18.9 Å². The van der Waals surface area contributed by atoms with Crippen LogP contribution in [0.1, 0.15) is 12.2 Å². The second-order valence-corrected chi connectivity index (χ2v) is 6.00. The molecule has 4 N–H and O–H groups in total. The van der Waals surface area contributed by atoms with E-state index in [1.165, 1.54) is 6.26 Å². The van der Waals surface area contributed by atoms with E-state index in [-0.39, 0.29) is 5.75 Å². The molecule has 0 spiro atoms. The molecule has 1 heterocycles. The Morgan fingerprint density at radius 2 is 2.00 bits per heavy atom. The highest BCUT2D eigenvalue weighted by molar-refractivity contribution is 7.90. The van der Waals surface area contributed by atoms with Gasteiger partial charge in [-0.25, -0.2) is 24.2 Å². The van der Waals surface area contributed by atoms with Crippen LogP contribution in [0.25, 0.3) is 0 Å². The lowest BCUT2D eigenvalue weighted by Crippen LogP contribution is -2.13. The number of nitrogens with zero attached hydrogens (tertiary/aromatic N) is 2. The van der Waals surface area contributed by atoms with Crippen LogP contribution in [0.15, 0.2) is 6.07 Å². The molecule has 1 aromatic heterocycles. The lowest BCUT2D eigenvalue weighted by molar-refractivity contribution is 0.600. The Bertz CT molecular complexity index is 474. The Morgan fingerprint density at radius 3 is 2.59 bits per heavy atom. The molecule has 0 amide bonds. The lowest BCUT2D eigenvalue weighted by Gasteiger charge is -2.07. The molecular formula is C9H17N5O2S. The van der Waals surface area contributed by atoms with Crippen molar-refractivity contribution in [2.24, 2.45) is 5.84 Å². The predicted molar refractivity (Wildman–Crippen MR) is 67.4 cm³/mol. The zero-order valence-corrected chi connectivity index (χ0v) is 10.7. The number of rotatable bonds is 6. The first kappa shape index (κ1) is 13.7. The summed E-state index contributed by atoms with van der Waals surface area (Å²) in [5, 5.41) is 3.02. The Labute approximate surface area is 101 Å². The number of hydrogen-bond acceptors (Lipinski definition) is 7. The Morgan fingerprint density at radius 1 is 1.35 bits per heavy atom. The minimum absolute atomic E-state index is 0.159. The molecule has 0 saturated carbocycles. The summed E-state index contributed by atoms with van der Waals surface area (Å²) in [5.74, 6) is 7.14. The zero-order valence-electron chi connectivity index (χ0n) is 9.90. The smallest absolute Gasteiger partial charge is 0.147 e. The van der Waals surface area contributed by atoms with E-state index in [1.807, 2.05) is 0 Å². The highest BCUT2D eigenvalue weighted by atomic mass is 32.2. The van der Waals surface area contributed by atoms with Crippen molar-refractivity contribution in [3.63, 3.8) is 0 Å².